The predicted molar refractivity (Wildman–Crippen MR) is 63.4 cm³/mol. The van der Waals surface area contributed by atoms with Crippen LogP contribution in [-0.2, 0) is 0 Å². The number of hydrogen-bond donors (Lipinski definition) is 1. The van der Waals surface area contributed by atoms with Crippen molar-refractivity contribution in [3.05, 3.63) is 40.7 Å². The molecule has 2 rings (SSSR count). The number of hydrogen-bond acceptors (Lipinski definition) is 4. The van der Waals surface area contributed by atoms with Gasteiger partial charge < -0.3 is 14.5 Å². The van der Waals surface area contributed by atoms with Gasteiger partial charge in [0.15, 0.2) is 11.5 Å². The highest BCUT2D eigenvalue weighted by Crippen LogP contribution is 2.31. The summed E-state index contributed by atoms with van der Waals surface area (Å²) in [5.74, 6) is 0.0349. The molecule has 1 aromatic carbocycles. The number of benzene rings is 1. The van der Waals surface area contributed by atoms with E-state index in [4.69, 9.17) is 9.47 Å². The average Bonchev–Trinajstić information content (AvgIpc) is 2.41. The molecule has 2 aromatic rings. The van der Waals surface area contributed by atoms with Crippen LogP contribution in [0.1, 0.15) is 0 Å². The molecule has 94 valence electrons. The van der Waals surface area contributed by atoms with Gasteiger partial charge in [-0.2, -0.15) is 4.39 Å². The third-order valence-electron chi connectivity index (χ3n) is 2.45. The van der Waals surface area contributed by atoms with E-state index in [-0.39, 0.29) is 5.69 Å². The maximum atomic E-state index is 13.6. The lowest BCUT2D eigenvalue weighted by Crippen LogP contribution is -2.12. The molecule has 0 aliphatic rings. The molecule has 0 saturated carbocycles. The molecule has 1 heterocycles. The smallest absolute Gasteiger partial charge is 0.287 e. The molecule has 0 spiro atoms. The number of aromatic amines is 1. The van der Waals surface area contributed by atoms with Crippen molar-refractivity contribution in [1.82, 2.24) is 9.97 Å². The second kappa shape index (κ2) is 4.87. The monoisotopic (exact) mass is 250 g/mol. The number of methoxy groups -OCH3 is 2. The third-order valence-corrected chi connectivity index (χ3v) is 2.45. The van der Waals surface area contributed by atoms with Gasteiger partial charge in [0.1, 0.15) is 5.69 Å². The molecule has 1 N–H and O–H groups in total. The number of aromatic nitrogens is 2. The van der Waals surface area contributed by atoms with E-state index in [1.807, 2.05) is 0 Å². The van der Waals surface area contributed by atoms with E-state index in [1.165, 1.54) is 14.2 Å². The zero-order valence-corrected chi connectivity index (χ0v) is 9.86. The number of halogens is 1. The van der Waals surface area contributed by atoms with Crippen LogP contribution in [0.2, 0.25) is 0 Å². The number of H-pyrrole nitrogens is 1. The van der Waals surface area contributed by atoms with Crippen molar-refractivity contribution in [1.29, 1.82) is 0 Å². The molecule has 6 heteroatoms. The number of nitrogens with one attached hydrogen (secondary N) is 1. The van der Waals surface area contributed by atoms with Gasteiger partial charge in [0, 0.05) is 5.56 Å². The van der Waals surface area contributed by atoms with Gasteiger partial charge in [-0.15, -0.1) is 0 Å². The average molecular weight is 250 g/mol. The quantitative estimate of drug-likeness (QED) is 0.898. The summed E-state index contributed by atoms with van der Waals surface area (Å²) in [6.07, 6.45) is 1.15. The Balaban J connectivity index is 2.58. The Morgan fingerprint density at radius 2 is 1.94 bits per heavy atom. The molecule has 1 aromatic heterocycles. The first-order valence-electron chi connectivity index (χ1n) is 5.13. The minimum absolute atomic E-state index is 0.0281. The van der Waals surface area contributed by atoms with Crippen molar-refractivity contribution in [2.24, 2.45) is 0 Å². The second-order valence-electron chi connectivity index (χ2n) is 3.46. The highest BCUT2D eigenvalue weighted by molar-refractivity contribution is 5.64. The standard InChI is InChI=1S/C12H11FN2O3/c1-17-8-4-3-7(5-9(8)18-2)11-10(13)12(16)15-6-14-11/h3-6H,1-2H3,(H,14,15,16). The summed E-state index contributed by atoms with van der Waals surface area (Å²) < 4.78 is 23.8. The summed E-state index contributed by atoms with van der Waals surface area (Å²) >= 11 is 0. The van der Waals surface area contributed by atoms with Crippen molar-refractivity contribution in [3.8, 4) is 22.8 Å². The van der Waals surface area contributed by atoms with Crippen LogP contribution in [0.5, 0.6) is 11.5 Å². The van der Waals surface area contributed by atoms with Gasteiger partial charge >= 0.3 is 0 Å². The van der Waals surface area contributed by atoms with Gasteiger partial charge in [-0.25, -0.2) is 4.98 Å². The Kier molecular flexibility index (Phi) is 3.27. The van der Waals surface area contributed by atoms with E-state index >= 15 is 0 Å². The van der Waals surface area contributed by atoms with Crippen molar-refractivity contribution >= 4 is 0 Å². The van der Waals surface area contributed by atoms with E-state index in [0.717, 1.165) is 6.33 Å². The van der Waals surface area contributed by atoms with Gasteiger partial charge in [0.25, 0.3) is 5.56 Å². The van der Waals surface area contributed by atoms with E-state index in [1.54, 1.807) is 18.2 Å². The summed E-state index contributed by atoms with van der Waals surface area (Å²) in [5.41, 5.74) is -0.397. The molecule has 0 radical (unpaired) electrons. The Hall–Kier alpha value is -2.37. The minimum Gasteiger partial charge on any atom is -0.493 e. The molecule has 0 amide bonds. The third kappa shape index (κ3) is 2.04. The van der Waals surface area contributed by atoms with Crippen molar-refractivity contribution in [2.75, 3.05) is 14.2 Å². The van der Waals surface area contributed by atoms with Crippen molar-refractivity contribution in [2.45, 2.75) is 0 Å². The van der Waals surface area contributed by atoms with E-state index in [0.29, 0.717) is 17.1 Å². The van der Waals surface area contributed by atoms with Gasteiger partial charge in [0.2, 0.25) is 5.82 Å². The van der Waals surface area contributed by atoms with Crippen LogP contribution in [0.15, 0.2) is 29.3 Å². The summed E-state index contributed by atoms with van der Waals surface area (Å²) in [6, 6.07) is 4.78. The molecule has 18 heavy (non-hydrogen) atoms. The molecular weight excluding hydrogens is 239 g/mol. The maximum absolute atomic E-state index is 13.6. The zero-order chi connectivity index (χ0) is 13.1. The normalized spacial score (nSPS) is 10.2. The Labute approximate surface area is 102 Å². The summed E-state index contributed by atoms with van der Waals surface area (Å²) in [5, 5.41) is 0. The van der Waals surface area contributed by atoms with Gasteiger partial charge in [-0.05, 0) is 18.2 Å². The number of rotatable bonds is 3. The molecule has 0 aliphatic heterocycles. The lowest BCUT2D eigenvalue weighted by molar-refractivity contribution is 0.355. The van der Waals surface area contributed by atoms with Crippen LogP contribution in [0.25, 0.3) is 11.3 Å². The highest BCUT2D eigenvalue weighted by atomic mass is 19.1. The highest BCUT2D eigenvalue weighted by Gasteiger charge is 2.13. The number of nitrogens with zero attached hydrogens (tertiary/aromatic N) is 1. The zero-order valence-electron chi connectivity index (χ0n) is 9.86. The topological polar surface area (TPSA) is 64.2 Å². The van der Waals surface area contributed by atoms with Gasteiger partial charge in [-0.3, -0.25) is 4.79 Å². The summed E-state index contributed by atoms with van der Waals surface area (Å²) in [4.78, 5) is 17.1. The Morgan fingerprint density at radius 1 is 1.22 bits per heavy atom. The number of ether oxygens (including phenoxy) is 2. The lowest BCUT2D eigenvalue weighted by atomic mass is 10.1. The van der Waals surface area contributed by atoms with Crippen LogP contribution in [0.3, 0.4) is 0 Å². The first kappa shape index (κ1) is 12.1. The van der Waals surface area contributed by atoms with Gasteiger partial charge in [0.05, 0.1) is 20.5 Å². The van der Waals surface area contributed by atoms with Crippen LogP contribution < -0.4 is 15.0 Å². The van der Waals surface area contributed by atoms with E-state index in [9.17, 15) is 9.18 Å². The van der Waals surface area contributed by atoms with Crippen LogP contribution in [-0.4, -0.2) is 24.2 Å². The van der Waals surface area contributed by atoms with Crippen LogP contribution >= 0.6 is 0 Å². The Bertz CT molecular complexity index is 625. The fraction of sp³-hybridized carbons (Fsp3) is 0.167. The molecular formula is C12H11FN2O3. The maximum Gasteiger partial charge on any atom is 0.287 e. The molecule has 0 bridgehead atoms. The van der Waals surface area contributed by atoms with Crippen molar-refractivity contribution in [3.63, 3.8) is 0 Å². The largest absolute Gasteiger partial charge is 0.493 e. The molecule has 5 nitrogen and oxygen atoms in total. The van der Waals surface area contributed by atoms with Gasteiger partial charge in [-0.1, -0.05) is 0 Å². The fourth-order valence-electron chi connectivity index (χ4n) is 1.57. The van der Waals surface area contributed by atoms with E-state index in [2.05, 4.69) is 9.97 Å². The van der Waals surface area contributed by atoms with Crippen LogP contribution in [0, 0.1) is 5.82 Å². The second-order valence-corrected chi connectivity index (χ2v) is 3.46. The summed E-state index contributed by atoms with van der Waals surface area (Å²) in [7, 11) is 2.98. The molecule has 0 fully saturated rings. The van der Waals surface area contributed by atoms with E-state index < -0.39 is 11.4 Å². The fourth-order valence-corrected chi connectivity index (χ4v) is 1.57. The minimum atomic E-state index is -0.926. The first-order valence-corrected chi connectivity index (χ1v) is 5.13. The van der Waals surface area contributed by atoms with Crippen LogP contribution in [0.4, 0.5) is 4.39 Å². The molecule has 0 atom stereocenters. The molecule has 0 saturated heterocycles. The lowest BCUT2D eigenvalue weighted by Gasteiger charge is -2.09. The Morgan fingerprint density at radius 3 is 2.61 bits per heavy atom. The molecule has 0 unspecified atom stereocenters. The SMILES string of the molecule is COc1ccc(-c2nc[nH]c(=O)c2F)cc1OC. The predicted octanol–water partition coefficient (Wildman–Crippen LogP) is 1.59. The van der Waals surface area contributed by atoms with Crippen molar-refractivity contribution < 1.29 is 13.9 Å². The molecule has 0 aliphatic carbocycles. The summed E-state index contributed by atoms with van der Waals surface area (Å²) in [6.45, 7) is 0. The first-order chi connectivity index (χ1) is 8.67.